The molecule has 21 heavy (non-hydrogen) atoms. The van der Waals surface area contributed by atoms with E-state index in [1.54, 1.807) is 6.07 Å². The van der Waals surface area contributed by atoms with E-state index < -0.39 is 11.7 Å². The van der Waals surface area contributed by atoms with Gasteiger partial charge in [0.1, 0.15) is 0 Å². The Morgan fingerprint density at radius 2 is 1.86 bits per heavy atom. The van der Waals surface area contributed by atoms with Crippen molar-refractivity contribution in [1.82, 2.24) is 5.32 Å². The fourth-order valence-corrected chi connectivity index (χ4v) is 2.71. The Balaban J connectivity index is 2.00. The summed E-state index contributed by atoms with van der Waals surface area (Å²) in [7, 11) is 0. The molecule has 1 aliphatic carbocycles. The number of halogens is 3. The third-order valence-corrected chi connectivity index (χ3v) is 3.82. The Morgan fingerprint density at radius 1 is 1.19 bits per heavy atom. The van der Waals surface area contributed by atoms with Crippen LogP contribution in [0.5, 0.6) is 0 Å². The smallest absolute Gasteiger partial charge is 0.369 e. The molecule has 0 spiro atoms. The van der Waals surface area contributed by atoms with Gasteiger partial charge in [0.15, 0.2) is 0 Å². The number of nitrogens with one attached hydrogen (secondary N) is 2. The minimum absolute atomic E-state index is 0.221. The number of hydrogen-bond acceptors (Lipinski definition) is 2. The lowest BCUT2D eigenvalue weighted by molar-refractivity contribution is -0.138. The van der Waals surface area contributed by atoms with Crippen LogP contribution in [0.1, 0.15) is 43.2 Å². The lowest BCUT2D eigenvalue weighted by Crippen LogP contribution is -2.32. The Morgan fingerprint density at radius 3 is 2.48 bits per heavy atom. The molecule has 0 saturated heterocycles. The second-order valence-electron chi connectivity index (χ2n) is 5.61. The summed E-state index contributed by atoms with van der Waals surface area (Å²) in [5.74, 6) is 0.555. The molecule has 0 atom stereocenters. The van der Waals surface area contributed by atoms with Gasteiger partial charge in [0.2, 0.25) is 0 Å². The molecule has 2 rings (SSSR count). The first-order chi connectivity index (χ1) is 9.86. The maximum absolute atomic E-state index is 12.9. The van der Waals surface area contributed by atoms with E-state index in [1.165, 1.54) is 32.3 Å². The molecule has 1 aromatic rings. The average molecular weight is 298 g/mol. The average Bonchev–Trinajstić information content (AvgIpc) is 2.41. The Bertz CT molecular complexity index is 503. The van der Waals surface area contributed by atoms with Crippen LogP contribution >= 0.6 is 0 Å². The minimum atomic E-state index is -4.33. The second kappa shape index (κ2) is 6.41. The van der Waals surface area contributed by atoms with Gasteiger partial charge >= 0.3 is 6.18 Å². The molecule has 0 aromatic heterocycles. The standard InChI is InChI=1S/C16H21F3N2/c1-11-8-9-14(10-15(11)16(17,18)19)21-12(2)20-13-6-4-3-5-7-13/h8-10,13,20-21H,2-7H2,1H3. The molecule has 2 N–H and O–H groups in total. The fourth-order valence-electron chi connectivity index (χ4n) is 2.71. The highest BCUT2D eigenvalue weighted by molar-refractivity contribution is 5.52. The van der Waals surface area contributed by atoms with Crippen LogP contribution in [0, 0.1) is 6.92 Å². The van der Waals surface area contributed by atoms with E-state index in [0.29, 0.717) is 17.6 Å². The number of alkyl halides is 3. The number of aryl methyl sites for hydroxylation is 1. The first-order valence-electron chi connectivity index (χ1n) is 7.26. The van der Waals surface area contributed by atoms with E-state index in [2.05, 4.69) is 17.2 Å². The minimum Gasteiger partial charge on any atom is -0.369 e. The van der Waals surface area contributed by atoms with Crippen molar-refractivity contribution in [2.75, 3.05) is 5.32 Å². The molecule has 1 saturated carbocycles. The summed E-state index contributed by atoms with van der Waals surface area (Å²) >= 11 is 0. The molecule has 116 valence electrons. The highest BCUT2D eigenvalue weighted by Gasteiger charge is 2.32. The van der Waals surface area contributed by atoms with E-state index in [9.17, 15) is 13.2 Å². The highest BCUT2D eigenvalue weighted by atomic mass is 19.4. The Kier molecular flexibility index (Phi) is 4.80. The Labute approximate surface area is 123 Å². The first-order valence-corrected chi connectivity index (χ1v) is 7.26. The molecule has 5 heteroatoms. The molecular weight excluding hydrogens is 277 g/mol. The van der Waals surface area contributed by atoms with Crippen LogP contribution in [0.2, 0.25) is 0 Å². The molecule has 1 aliphatic rings. The fraction of sp³-hybridized carbons (Fsp3) is 0.500. The zero-order valence-corrected chi connectivity index (χ0v) is 12.2. The topological polar surface area (TPSA) is 24.1 Å². The summed E-state index contributed by atoms with van der Waals surface area (Å²) < 4.78 is 38.6. The summed E-state index contributed by atoms with van der Waals surface area (Å²) in [5, 5.41) is 6.18. The van der Waals surface area contributed by atoms with E-state index in [-0.39, 0.29) is 5.56 Å². The number of anilines is 1. The van der Waals surface area contributed by atoms with E-state index in [4.69, 9.17) is 0 Å². The first kappa shape index (κ1) is 15.7. The number of benzene rings is 1. The highest BCUT2D eigenvalue weighted by Crippen LogP contribution is 2.33. The molecule has 1 fully saturated rings. The number of rotatable bonds is 4. The summed E-state index contributed by atoms with van der Waals surface area (Å²) in [6.07, 6.45) is 1.47. The van der Waals surface area contributed by atoms with Crippen molar-refractivity contribution in [3.63, 3.8) is 0 Å². The van der Waals surface area contributed by atoms with Crippen LogP contribution < -0.4 is 10.6 Å². The molecular formula is C16H21F3N2. The van der Waals surface area contributed by atoms with Gasteiger partial charge in [-0.15, -0.1) is 0 Å². The van der Waals surface area contributed by atoms with E-state index in [1.807, 2.05) is 0 Å². The van der Waals surface area contributed by atoms with Gasteiger partial charge in [0.25, 0.3) is 0 Å². The SMILES string of the molecule is C=C(Nc1ccc(C)c(C(F)(F)F)c1)NC1CCCCC1. The predicted octanol–water partition coefficient (Wildman–Crippen LogP) is 4.82. The molecule has 0 aliphatic heterocycles. The third-order valence-electron chi connectivity index (χ3n) is 3.82. The Hall–Kier alpha value is -1.65. The maximum Gasteiger partial charge on any atom is 0.416 e. The van der Waals surface area contributed by atoms with Gasteiger partial charge in [0.05, 0.1) is 11.4 Å². The molecule has 1 aromatic carbocycles. The zero-order chi connectivity index (χ0) is 15.5. The van der Waals surface area contributed by atoms with Gasteiger partial charge in [0, 0.05) is 11.7 Å². The van der Waals surface area contributed by atoms with Crippen LogP contribution in [0.4, 0.5) is 18.9 Å². The predicted molar refractivity (Wildman–Crippen MR) is 79.0 cm³/mol. The van der Waals surface area contributed by atoms with Crippen LogP contribution in [-0.2, 0) is 6.18 Å². The van der Waals surface area contributed by atoms with Crippen LogP contribution in [0.15, 0.2) is 30.6 Å². The molecule has 0 heterocycles. The van der Waals surface area contributed by atoms with E-state index >= 15 is 0 Å². The normalized spacial score (nSPS) is 16.6. The molecule has 0 unspecified atom stereocenters. The summed E-state index contributed by atoms with van der Waals surface area (Å²) in [6.45, 7) is 5.31. The van der Waals surface area contributed by atoms with Crippen molar-refractivity contribution in [2.45, 2.75) is 51.2 Å². The van der Waals surface area contributed by atoms with Gasteiger partial charge < -0.3 is 10.6 Å². The van der Waals surface area contributed by atoms with E-state index in [0.717, 1.165) is 18.9 Å². The maximum atomic E-state index is 12.9. The quantitative estimate of drug-likeness (QED) is 0.832. The molecule has 0 bridgehead atoms. The van der Waals surface area contributed by atoms with Gasteiger partial charge in [-0.1, -0.05) is 31.9 Å². The summed E-state index contributed by atoms with van der Waals surface area (Å²) in [4.78, 5) is 0. The third kappa shape index (κ3) is 4.41. The zero-order valence-electron chi connectivity index (χ0n) is 12.2. The van der Waals surface area contributed by atoms with Crippen molar-refractivity contribution >= 4 is 5.69 Å². The summed E-state index contributed by atoms with van der Waals surface area (Å²) in [6, 6.07) is 4.60. The largest absolute Gasteiger partial charge is 0.416 e. The number of hydrogen-bond donors (Lipinski definition) is 2. The molecule has 0 amide bonds. The monoisotopic (exact) mass is 298 g/mol. The summed E-state index contributed by atoms with van der Waals surface area (Å²) in [5.41, 5.74) is 0.0121. The second-order valence-corrected chi connectivity index (χ2v) is 5.61. The van der Waals surface area contributed by atoms with Crippen molar-refractivity contribution in [3.05, 3.63) is 41.7 Å². The van der Waals surface area contributed by atoms with Crippen LogP contribution in [0.25, 0.3) is 0 Å². The molecule has 2 nitrogen and oxygen atoms in total. The van der Waals surface area contributed by atoms with Crippen molar-refractivity contribution in [1.29, 1.82) is 0 Å². The van der Waals surface area contributed by atoms with Gasteiger partial charge in [-0.2, -0.15) is 13.2 Å². The van der Waals surface area contributed by atoms with Crippen LogP contribution in [0.3, 0.4) is 0 Å². The van der Waals surface area contributed by atoms with Crippen LogP contribution in [-0.4, -0.2) is 6.04 Å². The van der Waals surface area contributed by atoms with Crippen molar-refractivity contribution < 1.29 is 13.2 Å². The lowest BCUT2D eigenvalue weighted by Gasteiger charge is -2.25. The molecule has 0 radical (unpaired) electrons. The lowest BCUT2D eigenvalue weighted by atomic mass is 9.95. The van der Waals surface area contributed by atoms with Crippen molar-refractivity contribution in [2.24, 2.45) is 0 Å². The van der Waals surface area contributed by atoms with Gasteiger partial charge in [-0.3, -0.25) is 0 Å². The van der Waals surface area contributed by atoms with Gasteiger partial charge in [-0.05, 0) is 37.5 Å². The van der Waals surface area contributed by atoms with Gasteiger partial charge in [-0.25, -0.2) is 0 Å². The van der Waals surface area contributed by atoms with Crippen molar-refractivity contribution in [3.8, 4) is 0 Å².